The van der Waals surface area contributed by atoms with Gasteiger partial charge in [0.05, 0.1) is 4.47 Å². The van der Waals surface area contributed by atoms with Gasteiger partial charge in [-0.2, -0.15) is 0 Å². The summed E-state index contributed by atoms with van der Waals surface area (Å²) in [5.74, 6) is -0.194. The summed E-state index contributed by atoms with van der Waals surface area (Å²) in [5, 5.41) is 3.44. The molecule has 0 aliphatic carbocycles. The van der Waals surface area contributed by atoms with E-state index in [0.29, 0.717) is 10.5 Å². The molecule has 90 valence electrons. The number of benzene rings is 1. The second-order valence-corrected chi connectivity index (χ2v) is 5.00. The number of aryl methyl sites for hydroxylation is 1. The molecule has 0 bridgehead atoms. The van der Waals surface area contributed by atoms with E-state index in [1.54, 1.807) is 0 Å². The number of rotatable bonds is 6. The Morgan fingerprint density at radius 3 is 2.81 bits per heavy atom. The molecule has 0 fully saturated rings. The highest BCUT2D eigenvalue weighted by Crippen LogP contribution is 2.18. The predicted molar refractivity (Wildman–Crippen MR) is 70.2 cm³/mol. The Labute approximate surface area is 106 Å². The van der Waals surface area contributed by atoms with E-state index in [9.17, 15) is 4.39 Å². The molecule has 0 heterocycles. The zero-order chi connectivity index (χ0) is 12.0. The third kappa shape index (κ3) is 4.62. The van der Waals surface area contributed by atoms with Crippen LogP contribution in [0.3, 0.4) is 0 Å². The Hall–Kier alpha value is -0.410. The van der Waals surface area contributed by atoms with Crippen molar-refractivity contribution in [2.24, 2.45) is 0 Å². The van der Waals surface area contributed by atoms with Crippen molar-refractivity contribution in [3.8, 4) is 0 Å². The van der Waals surface area contributed by atoms with E-state index < -0.39 is 0 Å². The molecule has 0 aliphatic heterocycles. The first-order valence-corrected chi connectivity index (χ1v) is 6.60. The highest BCUT2D eigenvalue weighted by atomic mass is 79.9. The largest absolute Gasteiger partial charge is 0.314 e. The summed E-state index contributed by atoms with van der Waals surface area (Å²) < 4.78 is 13.6. The van der Waals surface area contributed by atoms with Crippen molar-refractivity contribution in [3.05, 3.63) is 34.1 Å². The smallest absolute Gasteiger partial charge is 0.137 e. The SMILES string of the molecule is CCCNC(C)CCc1ccc(F)c(Br)c1. The molecule has 1 atom stereocenters. The van der Waals surface area contributed by atoms with Crippen LogP contribution >= 0.6 is 15.9 Å². The summed E-state index contributed by atoms with van der Waals surface area (Å²) in [6, 6.07) is 5.75. The van der Waals surface area contributed by atoms with Crippen molar-refractivity contribution >= 4 is 15.9 Å². The van der Waals surface area contributed by atoms with E-state index in [0.717, 1.165) is 25.8 Å². The van der Waals surface area contributed by atoms with Crippen LogP contribution in [0.15, 0.2) is 22.7 Å². The van der Waals surface area contributed by atoms with Crippen LogP contribution in [-0.2, 0) is 6.42 Å². The maximum Gasteiger partial charge on any atom is 0.137 e. The second-order valence-electron chi connectivity index (χ2n) is 4.14. The Balaban J connectivity index is 2.39. The summed E-state index contributed by atoms with van der Waals surface area (Å²) in [7, 11) is 0. The number of halogens is 2. The summed E-state index contributed by atoms with van der Waals surface area (Å²) in [4.78, 5) is 0. The van der Waals surface area contributed by atoms with Crippen LogP contribution in [0.5, 0.6) is 0 Å². The molecule has 1 aromatic carbocycles. The third-order valence-electron chi connectivity index (χ3n) is 2.59. The van der Waals surface area contributed by atoms with E-state index in [2.05, 4.69) is 35.1 Å². The van der Waals surface area contributed by atoms with Gasteiger partial charge in [0.1, 0.15) is 5.82 Å². The van der Waals surface area contributed by atoms with Crippen LogP contribution in [0, 0.1) is 5.82 Å². The van der Waals surface area contributed by atoms with Crippen molar-refractivity contribution < 1.29 is 4.39 Å². The molecule has 3 heteroatoms. The summed E-state index contributed by atoms with van der Waals surface area (Å²) in [5.41, 5.74) is 1.18. The van der Waals surface area contributed by atoms with Crippen molar-refractivity contribution in [2.45, 2.75) is 39.2 Å². The molecule has 0 aliphatic rings. The van der Waals surface area contributed by atoms with Gasteiger partial charge in [-0.3, -0.25) is 0 Å². The van der Waals surface area contributed by atoms with Crippen molar-refractivity contribution in [1.82, 2.24) is 5.32 Å². The molecule has 0 aromatic heterocycles. The predicted octanol–water partition coefficient (Wildman–Crippen LogP) is 3.91. The van der Waals surface area contributed by atoms with Crippen LogP contribution in [0.1, 0.15) is 32.3 Å². The second kappa shape index (κ2) is 7.02. The van der Waals surface area contributed by atoms with Crippen molar-refractivity contribution in [3.63, 3.8) is 0 Å². The Bertz CT molecular complexity index is 328. The topological polar surface area (TPSA) is 12.0 Å². The molecular formula is C13H19BrFN. The highest BCUT2D eigenvalue weighted by Gasteiger charge is 2.03. The first-order chi connectivity index (χ1) is 7.63. The molecule has 0 saturated heterocycles. The molecule has 1 nitrogen and oxygen atoms in total. The van der Waals surface area contributed by atoms with Gasteiger partial charge in [-0.05, 0) is 66.4 Å². The fourth-order valence-corrected chi connectivity index (χ4v) is 2.00. The quantitative estimate of drug-likeness (QED) is 0.837. The Morgan fingerprint density at radius 1 is 1.44 bits per heavy atom. The Kier molecular flexibility index (Phi) is 5.99. The molecule has 1 unspecified atom stereocenters. The maximum absolute atomic E-state index is 13.0. The lowest BCUT2D eigenvalue weighted by Crippen LogP contribution is -2.27. The lowest BCUT2D eigenvalue weighted by atomic mass is 10.1. The molecule has 0 spiro atoms. The summed E-state index contributed by atoms with van der Waals surface area (Å²) in [6.07, 6.45) is 3.22. The number of nitrogens with one attached hydrogen (secondary N) is 1. The van der Waals surface area contributed by atoms with Crippen LogP contribution in [0.4, 0.5) is 4.39 Å². The van der Waals surface area contributed by atoms with Gasteiger partial charge in [-0.25, -0.2) is 4.39 Å². The van der Waals surface area contributed by atoms with E-state index >= 15 is 0 Å². The minimum atomic E-state index is -0.194. The van der Waals surface area contributed by atoms with Crippen molar-refractivity contribution in [2.75, 3.05) is 6.54 Å². The lowest BCUT2D eigenvalue weighted by Gasteiger charge is -2.13. The van der Waals surface area contributed by atoms with Gasteiger partial charge in [0.25, 0.3) is 0 Å². The van der Waals surface area contributed by atoms with Crippen LogP contribution in [0.2, 0.25) is 0 Å². The lowest BCUT2D eigenvalue weighted by molar-refractivity contribution is 0.513. The van der Waals surface area contributed by atoms with E-state index in [1.165, 1.54) is 11.6 Å². The molecule has 0 amide bonds. The van der Waals surface area contributed by atoms with E-state index in [-0.39, 0.29) is 5.82 Å². The minimum absolute atomic E-state index is 0.194. The monoisotopic (exact) mass is 287 g/mol. The molecule has 0 radical (unpaired) electrons. The molecule has 1 rings (SSSR count). The number of hydrogen-bond acceptors (Lipinski definition) is 1. The van der Waals surface area contributed by atoms with Crippen molar-refractivity contribution in [1.29, 1.82) is 0 Å². The summed E-state index contributed by atoms with van der Waals surface area (Å²) in [6.45, 7) is 5.42. The molecule has 16 heavy (non-hydrogen) atoms. The standard InChI is InChI=1S/C13H19BrFN/c1-3-8-16-10(2)4-5-11-6-7-13(15)12(14)9-11/h6-7,9-10,16H,3-5,8H2,1-2H3. The first-order valence-electron chi connectivity index (χ1n) is 5.80. The summed E-state index contributed by atoms with van der Waals surface area (Å²) >= 11 is 3.20. The fourth-order valence-electron chi connectivity index (χ4n) is 1.57. The fraction of sp³-hybridized carbons (Fsp3) is 0.538. The van der Waals surface area contributed by atoms with E-state index in [4.69, 9.17) is 0 Å². The van der Waals surface area contributed by atoms with Crippen LogP contribution in [-0.4, -0.2) is 12.6 Å². The van der Waals surface area contributed by atoms with Gasteiger partial charge >= 0.3 is 0 Å². The number of hydrogen-bond donors (Lipinski definition) is 1. The third-order valence-corrected chi connectivity index (χ3v) is 3.20. The molecule has 0 saturated carbocycles. The molecule has 1 aromatic rings. The van der Waals surface area contributed by atoms with Crippen LogP contribution < -0.4 is 5.32 Å². The average molecular weight is 288 g/mol. The Morgan fingerprint density at radius 2 is 2.19 bits per heavy atom. The molecular weight excluding hydrogens is 269 g/mol. The highest BCUT2D eigenvalue weighted by molar-refractivity contribution is 9.10. The molecule has 1 N–H and O–H groups in total. The van der Waals surface area contributed by atoms with Gasteiger partial charge in [-0.15, -0.1) is 0 Å². The van der Waals surface area contributed by atoms with Gasteiger partial charge in [-0.1, -0.05) is 13.0 Å². The zero-order valence-electron chi connectivity index (χ0n) is 9.89. The van der Waals surface area contributed by atoms with Gasteiger partial charge < -0.3 is 5.32 Å². The zero-order valence-corrected chi connectivity index (χ0v) is 11.5. The average Bonchev–Trinajstić information content (AvgIpc) is 2.28. The van der Waals surface area contributed by atoms with Crippen LogP contribution in [0.25, 0.3) is 0 Å². The minimum Gasteiger partial charge on any atom is -0.314 e. The van der Waals surface area contributed by atoms with Gasteiger partial charge in [0.15, 0.2) is 0 Å². The van der Waals surface area contributed by atoms with E-state index in [1.807, 2.05) is 12.1 Å². The van der Waals surface area contributed by atoms with Gasteiger partial charge in [0.2, 0.25) is 0 Å². The first kappa shape index (κ1) is 13.7. The van der Waals surface area contributed by atoms with Gasteiger partial charge in [0, 0.05) is 6.04 Å². The maximum atomic E-state index is 13.0. The normalized spacial score (nSPS) is 12.8.